The van der Waals surface area contributed by atoms with Crippen LogP contribution in [0, 0.1) is 0 Å². The number of pyridine rings is 1. The van der Waals surface area contributed by atoms with Crippen LogP contribution in [-0.2, 0) is 30.9 Å². The molecule has 0 unspecified atom stereocenters. The molecule has 1 N–H and O–H groups in total. The molecular weight excluding hydrogens is 408 g/mol. The van der Waals surface area contributed by atoms with E-state index in [4.69, 9.17) is 4.74 Å². The number of amides is 1. The number of rotatable bonds is 6. The number of nitrogens with zero attached hydrogens (tertiary/aromatic N) is 5. The largest absolute Gasteiger partial charge is 0.487 e. The third-order valence-electron chi connectivity index (χ3n) is 5.49. The Kier molecular flexibility index (Phi) is 5.45. The molecule has 32 heavy (non-hydrogen) atoms. The standard InChI is InChI=1S/C23H24N6O3/c30-22(15-29-23(31)28-12-4-1-2-10-21(28)26-29)25-17-7-6-8-19(13-17)32-16-18-14-27-11-5-3-9-20(27)24-18/h3,5-9,11,13-14H,1-2,4,10,12,15-16H2,(H,25,30). The summed E-state index contributed by atoms with van der Waals surface area (Å²) in [5, 5.41) is 7.19. The summed E-state index contributed by atoms with van der Waals surface area (Å²) in [6, 6.07) is 13.0. The van der Waals surface area contributed by atoms with Crippen molar-refractivity contribution in [2.45, 2.75) is 45.4 Å². The number of aryl methyl sites for hydroxylation is 1. The molecule has 164 valence electrons. The van der Waals surface area contributed by atoms with Gasteiger partial charge in [-0.1, -0.05) is 18.6 Å². The Bertz CT molecular complexity index is 1290. The second-order valence-electron chi connectivity index (χ2n) is 7.88. The topological polar surface area (TPSA) is 95.5 Å². The molecule has 1 amide bonds. The van der Waals surface area contributed by atoms with Gasteiger partial charge >= 0.3 is 5.69 Å². The SMILES string of the molecule is O=C(Cn1nc2n(c1=O)CCCCC2)Nc1cccc(OCc2cn3ccccc3n2)c1. The fraction of sp³-hybridized carbons (Fsp3) is 0.304. The molecule has 0 saturated carbocycles. The van der Waals surface area contributed by atoms with Crippen molar-refractivity contribution < 1.29 is 9.53 Å². The zero-order valence-corrected chi connectivity index (χ0v) is 17.6. The third kappa shape index (κ3) is 4.27. The first-order valence-corrected chi connectivity index (χ1v) is 10.8. The number of fused-ring (bicyclic) bond motifs is 2. The van der Waals surface area contributed by atoms with Crippen LogP contribution in [0.25, 0.3) is 5.65 Å². The van der Waals surface area contributed by atoms with Gasteiger partial charge in [-0.3, -0.25) is 9.36 Å². The van der Waals surface area contributed by atoms with Crippen LogP contribution in [0.5, 0.6) is 5.75 Å². The lowest BCUT2D eigenvalue weighted by molar-refractivity contribution is -0.117. The van der Waals surface area contributed by atoms with Gasteiger partial charge in [0.2, 0.25) is 5.91 Å². The fourth-order valence-corrected chi connectivity index (χ4v) is 3.94. The van der Waals surface area contributed by atoms with E-state index in [0.717, 1.165) is 42.8 Å². The van der Waals surface area contributed by atoms with Crippen molar-refractivity contribution in [3.05, 3.63) is 76.9 Å². The first-order valence-electron chi connectivity index (χ1n) is 10.8. The molecule has 9 nitrogen and oxygen atoms in total. The molecule has 3 aromatic heterocycles. The van der Waals surface area contributed by atoms with E-state index in [2.05, 4.69) is 15.4 Å². The molecule has 5 rings (SSSR count). The molecule has 0 spiro atoms. The van der Waals surface area contributed by atoms with Crippen molar-refractivity contribution in [2.24, 2.45) is 0 Å². The van der Waals surface area contributed by atoms with E-state index in [9.17, 15) is 9.59 Å². The lowest BCUT2D eigenvalue weighted by Gasteiger charge is -2.08. The van der Waals surface area contributed by atoms with Crippen LogP contribution in [0.15, 0.2) is 59.7 Å². The predicted octanol–water partition coefficient (Wildman–Crippen LogP) is 2.64. The summed E-state index contributed by atoms with van der Waals surface area (Å²) in [4.78, 5) is 29.6. The minimum atomic E-state index is -0.308. The van der Waals surface area contributed by atoms with Gasteiger partial charge in [0.05, 0.1) is 5.69 Å². The molecular formula is C23H24N6O3. The molecule has 0 radical (unpaired) electrons. The van der Waals surface area contributed by atoms with Crippen LogP contribution in [0.2, 0.25) is 0 Å². The molecule has 4 heterocycles. The van der Waals surface area contributed by atoms with Gasteiger partial charge < -0.3 is 14.5 Å². The molecule has 0 saturated heterocycles. The Morgan fingerprint density at radius 2 is 2.06 bits per heavy atom. The Balaban J connectivity index is 1.22. The minimum absolute atomic E-state index is 0.120. The lowest BCUT2D eigenvalue weighted by atomic mass is 10.2. The third-order valence-corrected chi connectivity index (χ3v) is 5.49. The van der Waals surface area contributed by atoms with Crippen LogP contribution in [0.1, 0.15) is 30.8 Å². The Hall–Kier alpha value is -3.88. The number of hydrogen-bond acceptors (Lipinski definition) is 5. The van der Waals surface area contributed by atoms with E-state index < -0.39 is 0 Å². The average molecular weight is 432 g/mol. The first-order chi connectivity index (χ1) is 15.7. The maximum Gasteiger partial charge on any atom is 0.346 e. The number of hydrogen-bond donors (Lipinski definition) is 1. The van der Waals surface area contributed by atoms with Gasteiger partial charge in [0, 0.05) is 37.1 Å². The van der Waals surface area contributed by atoms with E-state index in [-0.39, 0.29) is 18.1 Å². The van der Waals surface area contributed by atoms with Gasteiger partial charge in [0.15, 0.2) is 0 Å². The molecule has 0 bridgehead atoms. The number of carbonyl (C=O) groups excluding carboxylic acids is 1. The van der Waals surface area contributed by atoms with E-state index in [1.165, 1.54) is 4.68 Å². The summed E-state index contributed by atoms with van der Waals surface area (Å²) in [5.41, 5.74) is 2.04. The summed E-state index contributed by atoms with van der Waals surface area (Å²) < 4.78 is 10.7. The highest BCUT2D eigenvalue weighted by Gasteiger charge is 2.17. The smallest absolute Gasteiger partial charge is 0.346 e. The highest BCUT2D eigenvalue weighted by atomic mass is 16.5. The normalized spacial score (nSPS) is 13.5. The molecule has 4 aromatic rings. The van der Waals surface area contributed by atoms with E-state index in [1.54, 1.807) is 22.8 Å². The number of anilines is 1. The quantitative estimate of drug-likeness (QED) is 0.505. The summed E-state index contributed by atoms with van der Waals surface area (Å²) in [6.07, 6.45) is 7.71. The zero-order chi connectivity index (χ0) is 21.9. The summed E-state index contributed by atoms with van der Waals surface area (Å²) in [6.45, 7) is 0.862. The molecule has 9 heteroatoms. The molecule has 1 aliphatic rings. The molecule has 0 atom stereocenters. The summed E-state index contributed by atoms with van der Waals surface area (Å²) in [5.74, 6) is 1.08. The van der Waals surface area contributed by atoms with E-state index in [1.807, 2.05) is 41.1 Å². The van der Waals surface area contributed by atoms with Crippen LogP contribution < -0.4 is 15.7 Å². The minimum Gasteiger partial charge on any atom is -0.487 e. The lowest BCUT2D eigenvalue weighted by Crippen LogP contribution is -2.30. The Morgan fingerprint density at radius 3 is 2.97 bits per heavy atom. The van der Waals surface area contributed by atoms with Crippen LogP contribution in [0.3, 0.4) is 0 Å². The monoisotopic (exact) mass is 432 g/mol. The van der Waals surface area contributed by atoms with Gasteiger partial charge in [0.1, 0.15) is 30.4 Å². The molecule has 1 aliphatic heterocycles. The number of nitrogens with one attached hydrogen (secondary N) is 1. The van der Waals surface area contributed by atoms with Crippen LogP contribution >= 0.6 is 0 Å². The van der Waals surface area contributed by atoms with Gasteiger partial charge in [0.25, 0.3) is 0 Å². The maximum atomic E-state index is 12.5. The van der Waals surface area contributed by atoms with E-state index in [0.29, 0.717) is 24.6 Å². The number of benzene rings is 1. The maximum absolute atomic E-state index is 12.5. The zero-order valence-electron chi connectivity index (χ0n) is 17.6. The molecule has 1 aromatic carbocycles. The number of ether oxygens (including phenoxy) is 1. The van der Waals surface area contributed by atoms with Crippen molar-refractivity contribution in [1.29, 1.82) is 0 Å². The first kappa shape index (κ1) is 20.0. The highest BCUT2D eigenvalue weighted by molar-refractivity contribution is 5.90. The Labute approximate surface area is 184 Å². The van der Waals surface area contributed by atoms with Gasteiger partial charge in [-0.05, 0) is 37.1 Å². The molecule has 0 fully saturated rings. The predicted molar refractivity (Wildman–Crippen MR) is 119 cm³/mol. The average Bonchev–Trinajstić information content (AvgIpc) is 3.24. The second kappa shape index (κ2) is 8.70. The van der Waals surface area contributed by atoms with Crippen molar-refractivity contribution in [1.82, 2.24) is 23.7 Å². The van der Waals surface area contributed by atoms with Gasteiger partial charge in [-0.2, -0.15) is 5.10 Å². The highest BCUT2D eigenvalue weighted by Crippen LogP contribution is 2.19. The van der Waals surface area contributed by atoms with E-state index >= 15 is 0 Å². The number of imidazole rings is 1. The summed E-state index contributed by atoms with van der Waals surface area (Å²) in [7, 11) is 0. The fourth-order valence-electron chi connectivity index (χ4n) is 3.94. The number of carbonyl (C=O) groups is 1. The molecule has 0 aliphatic carbocycles. The van der Waals surface area contributed by atoms with Crippen molar-refractivity contribution in [2.75, 3.05) is 5.32 Å². The van der Waals surface area contributed by atoms with Crippen LogP contribution in [-0.4, -0.2) is 29.6 Å². The van der Waals surface area contributed by atoms with Crippen molar-refractivity contribution in [3.63, 3.8) is 0 Å². The summed E-state index contributed by atoms with van der Waals surface area (Å²) >= 11 is 0. The van der Waals surface area contributed by atoms with Gasteiger partial charge in [-0.15, -0.1) is 0 Å². The van der Waals surface area contributed by atoms with Crippen molar-refractivity contribution >= 4 is 17.2 Å². The van der Waals surface area contributed by atoms with Gasteiger partial charge in [-0.25, -0.2) is 14.5 Å². The van der Waals surface area contributed by atoms with Crippen molar-refractivity contribution in [3.8, 4) is 5.75 Å². The van der Waals surface area contributed by atoms with Crippen LogP contribution in [0.4, 0.5) is 5.69 Å². The Morgan fingerprint density at radius 1 is 1.12 bits per heavy atom. The number of aromatic nitrogens is 5. The second-order valence-corrected chi connectivity index (χ2v) is 7.88.